The summed E-state index contributed by atoms with van der Waals surface area (Å²) < 4.78 is 11.4. The molecule has 45 heavy (non-hydrogen) atoms. The average molecular weight is 630 g/mol. The molecule has 3 aromatic carbocycles. The number of hydrogen-bond donors (Lipinski definition) is 3. The summed E-state index contributed by atoms with van der Waals surface area (Å²) in [5, 5.41) is 14.9. The van der Waals surface area contributed by atoms with Crippen LogP contribution >= 0.6 is 11.8 Å². The number of rotatable bonds is 9. The molecule has 2 aliphatic heterocycles. The lowest BCUT2D eigenvalue weighted by Gasteiger charge is -2.50. The van der Waals surface area contributed by atoms with E-state index in [0.29, 0.717) is 11.1 Å². The van der Waals surface area contributed by atoms with Crippen LogP contribution in [0.4, 0.5) is 4.79 Å². The van der Waals surface area contributed by atoms with Gasteiger partial charge in [0.25, 0.3) is 5.91 Å². The van der Waals surface area contributed by atoms with Gasteiger partial charge < -0.3 is 25.2 Å². The third kappa shape index (κ3) is 7.21. The first kappa shape index (κ1) is 31.8. The molecule has 2 heterocycles. The molecule has 0 aromatic heterocycles. The first-order valence-electron chi connectivity index (χ1n) is 14.5. The Morgan fingerprint density at radius 3 is 1.96 bits per heavy atom. The van der Waals surface area contributed by atoms with Crippen molar-refractivity contribution in [3.05, 3.63) is 119 Å². The zero-order chi connectivity index (χ0) is 32.1. The van der Waals surface area contributed by atoms with Crippen molar-refractivity contribution in [2.75, 3.05) is 12.4 Å². The van der Waals surface area contributed by atoms with Crippen molar-refractivity contribution in [3.8, 4) is 0 Å². The number of carbonyl (C=O) groups excluding carboxylic acids is 4. The molecule has 1 fully saturated rings. The Bertz CT molecular complexity index is 1540. The predicted octanol–water partition coefficient (Wildman–Crippen LogP) is 4.23. The maximum absolute atomic E-state index is 13.8. The van der Waals surface area contributed by atoms with Crippen molar-refractivity contribution < 1.29 is 33.8 Å². The summed E-state index contributed by atoms with van der Waals surface area (Å²) in [6.07, 6.45) is -1.54. The Labute approximate surface area is 265 Å². The zero-order valence-electron chi connectivity index (χ0n) is 25.1. The molecule has 234 valence electrons. The fraction of sp³-hybridized carbons (Fsp3) is 0.294. The van der Waals surface area contributed by atoms with E-state index in [4.69, 9.17) is 9.47 Å². The second-order valence-corrected chi connectivity index (χ2v) is 12.7. The van der Waals surface area contributed by atoms with Gasteiger partial charge in [-0.3, -0.25) is 14.5 Å². The Balaban J connectivity index is 1.35. The van der Waals surface area contributed by atoms with Gasteiger partial charge in [-0.05, 0) is 43.0 Å². The van der Waals surface area contributed by atoms with Crippen molar-refractivity contribution in [1.29, 1.82) is 0 Å². The quantitative estimate of drug-likeness (QED) is 0.237. The molecule has 3 aromatic rings. The molecule has 3 atom stereocenters. The maximum atomic E-state index is 13.8. The highest BCUT2D eigenvalue weighted by Gasteiger charge is 2.55. The van der Waals surface area contributed by atoms with E-state index in [-0.39, 0.29) is 11.4 Å². The van der Waals surface area contributed by atoms with Crippen molar-refractivity contribution in [3.63, 3.8) is 0 Å². The third-order valence-corrected chi connectivity index (χ3v) is 8.55. The van der Waals surface area contributed by atoms with E-state index in [2.05, 4.69) is 10.6 Å². The molecule has 3 amide bonds. The van der Waals surface area contributed by atoms with Crippen molar-refractivity contribution >= 4 is 35.6 Å². The monoisotopic (exact) mass is 629 g/mol. The van der Waals surface area contributed by atoms with Crippen LogP contribution in [0.1, 0.15) is 49.6 Å². The average Bonchev–Trinajstić information content (AvgIpc) is 3.04. The highest BCUT2D eigenvalue weighted by molar-refractivity contribution is 8.00. The summed E-state index contributed by atoms with van der Waals surface area (Å²) in [6, 6.07) is 25.0. The third-order valence-electron chi connectivity index (χ3n) is 7.21. The van der Waals surface area contributed by atoms with E-state index in [1.165, 1.54) is 16.7 Å². The van der Waals surface area contributed by atoms with Gasteiger partial charge in [0.05, 0.1) is 6.61 Å². The highest BCUT2D eigenvalue weighted by atomic mass is 32.2. The van der Waals surface area contributed by atoms with E-state index < -0.39 is 59.6 Å². The Kier molecular flexibility index (Phi) is 9.60. The lowest BCUT2D eigenvalue weighted by molar-refractivity contribution is -0.155. The van der Waals surface area contributed by atoms with Crippen LogP contribution in [0.25, 0.3) is 0 Å². The van der Waals surface area contributed by atoms with Crippen LogP contribution in [0.3, 0.4) is 0 Å². The molecule has 0 radical (unpaired) electrons. The number of nitrogens with one attached hydrogen (secondary N) is 2. The number of hydrogen-bond acceptors (Lipinski definition) is 8. The Hall–Kier alpha value is -4.61. The number of ether oxygens (including phenoxy) is 2. The lowest BCUT2D eigenvalue weighted by Crippen LogP contribution is -2.71. The number of alkyl carbamates (subject to hydrolysis) is 1. The fourth-order valence-corrected chi connectivity index (χ4v) is 6.48. The minimum Gasteiger partial charge on any atom is -0.448 e. The Morgan fingerprint density at radius 1 is 0.911 bits per heavy atom. The molecule has 0 bridgehead atoms. The molecule has 3 N–H and O–H groups in total. The minimum absolute atomic E-state index is 0.0277. The van der Waals surface area contributed by atoms with E-state index >= 15 is 0 Å². The number of aliphatic hydroxyl groups excluding tert-OH is 1. The molecule has 0 spiro atoms. The molecule has 0 aliphatic carbocycles. The number of nitrogens with zero attached hydrogens (tertiary/aromatic N) is 1. The summed E-state index contributed by atoms with van der Waals surface area (Å²) in [5.41, 5.74) is 1.53. The van der Waals surface area contributed by atoms with Crippen molar-refractivity contribution in [1.82, 2.24) is 15.5 Å². The van der Waals surface area contributed by atoms with Crippen LogP contribution in [0.15, 0.2) is 102 Å². The standard InChI is InChI=1S/C34H35N3O7S/c1-34(2,3)44-33(42)36-25(21-13-7-4-8-14-21)29(39)35-26-30(40)37-27(24(19-38)20-45-31(26)37)32(41)43-28(22-15-9-5-10-16-22)23-17-11-6-12-18-23/h4-18,25-26,28,31,38H,19-20H2,1-3H3,(H,35,39)(H,36,42)/t25?,26-,31+/m1/s1. The number of fused-ring (bicyclic) bond motifs is 1. The molecule has 5 rings (SSSR count). The van der Waals surface area contributed by atoms with E-state index in [1.54, 1.807) is 51.1 Å². The van der Waals surface area contributed by atoms with Crippen LogP contribution in [-0.4, -0.2) is 63.3 Å². The van der Waals surface area contributed by atoms with Gasteiger partial charge in [0.15, 0.2) is 6.10 Å². The molecule has 10 nitrogen and oxygen atoms in total. The molecule has 1 unspecified atom stereocenters. The smallest absolute Gasteiger partial charge is 0.408 e. The van der Waals surface area contributed by atoms with Crippen LogP contribution in [0, 0.1) is 0 Å². The number of β-lactam (4-membered cyclic amide) rings is 1. The minimum atomic E-state index is -1.14. The Morgan fingerprint density at radius 2 is 1.44 bits per heavy atom. The molecule has 2 aliphatic rings. The van der Waals surface area contributed by atoms with Gasteiger partial charge in [-0.1, -0.05) is 91.0 Å². The van der Waals surface area contributed by atoms with Gasteiger partial charge in [0, 0.05) is 5.75 Å². The molecule has 0 saturated carbocycles. The molecular weight excluding hydrogens is 594 g/mol. The molecular formula is C34H35N3O7S. The van der Waals surface area contributed by atoms with Gasteiger partial charge in [0.1, 0.15) is 28.8 Å². The first-order chi connectivity index (χ1) is 21.6. The van der Waals surface area contributed by atoms with E-state index in [1.807, 2.05) is 60.7 Å². The number of aliphatic hydroxyl groups is 1. The van der Waals surface area contributed by atoms with Gasteiger partial charge in [-0.2, -0.15) is 0 Å². The molecule has 1 saturated heterocycles. The summed E-state index contributed by atoms with van der Waals surface area (Å²) in [5.74, 6) is -1.64. The number of benzene rings is 3. The number of thioether (sulfide) groups is 1. The normalized spacial score (nSPS) is 18.4. The van der Waals surface area contributed by atoms with Gasteiger partial charge in [-0.25, -0.2) is 9.59 Å². The van der Waals surface area contributed by atoms with Crippen LogP contribution in [0.5, 0.6) is 0 Å². The van der Waals surface area contributed by atoms with Crippen molar-refractivity contribution in [2.45, 2.75) is 49.9 Å². The topological polar surface area (TPSA) is 134 Å². The highest BCUT2D eigenvalue weighted by Crippen LogP contribution is 2.41. The summed E-state index contributed by atoms with van der Waals surface area (Å²) in [6.45, 7) is 4.70. The SMILES string of the molecule is CC(C)(C)OC(=O)NC(C(=O)N[C@@H]1C(=O)N2C(C(=O)OC(c3ccccc3)c3ccccc3)=C(CO)CS[C@@H]12)c1ccccc1. The summed E-state index contributed by atoms with van der Waals surface area (Å²) in [7, 11) is 0. The van der Waals surface area contributed by atoms with Crippen molar-refractivity contribution in [2.24, 2.45) is 0 Å². The number of esters is 1. The first-order valence-corrected chi connectivity index (χ1v) is 15.6. The van der Waals surface area contributed by atoms with E-state index in [0.717, 1.165) is 11.1 Å². The number of carbonyl (C=O) groups is 4. The number of amides is 3. The van der Waals surface area contributed by atoms with Gasteiger partial charge in [0.2, 0.25) is 5.91 Å². The van der Waals surface area contributed by atoms with Gasteiger partial charge >= 0.3 is 12.1 Å². The predicted molar refractivity (Wildman–Crippen MR) is 169 cm³/mol. The van der Waals surface area contributed by atoms with Crippen LogP contribution in [0.2, 0.25) is 0 Å². The van der Waals surface area contributed by atoms with E-state index in [9.17, 15) is 24.3 Å². The second kappa shape index (κ2) is 13.6. The lowest BCUT2D eigenvalue weighted by atomic mass is 10.00. The van der Waals surface area contributed by atoms with Crippen LogP contribution < -0.4 is 10.6 Å². The maximum Gasteiger partial charge on any atom is 0.408 e. The second-order valence-electron chi connectivity index (χ2n) is 11.6. The molecule has 11 heteroatoms. The van der Waals surface area contributed by atoms with Gasteiger partial charge in [-0.15, -0.1) is 11.8 Å². The van der Waals surface area contributed by atoms with Crippen LogP contribution in [-0.2, 0) is 23.9 Å². The fourth-order valence-electron chi connectivity index (χ4n) is 5.15. The zero-order valence-corrected chi connectivity index (χ0v) is 26.0. The largest absolute Gasteiger partial charge is 0.448 e. The summed E-state index contributed by atoms with van der Waals surface area (Å²) in [4.78, 5) is 54.8. The summed E-state index contributed by atoms with van der Waals surface area (Å²) >= 11 is 1.31.